The molecular weight excluding hydrogens is 312 g/mol. The van der Waals surface area contributed by atoms with E-state index in [-0.39, 0.29) is 10.5 Å². The Morgan fingerprint density at radius 1 is 1.13 bits per heavy atom. The molecule has 2 N–H and O–H groups in total. The highest BCUT2D eigenvalue weighted by atomic mass is 35.5. The molecule has 0 radical (unpaired) electrons. The van der Waals surface area contributed by atoms with E-state index < -0.39 is 0 Å². The minimum Gasteiger partial charge on any atom is -0.377 e. The number of aromatic nitrogens is 3. The third-order valence-electron chi connectivity index (χ3n) is 2.92. The van der Waals surface area contributed by atoms with Crippen molar-refractivity contribution < 1.29 is 0 Å². The molecule has 0 atom stereocenters. The number of fused-ring (bicyclic) bond motifs is 1. The molecule has 3 aromatic rings. The molecule has 0 unspecified atom stereocenters. The predicted octanol–water partition coefficient (Wildman–Crippen LogP) is 4.00. The van der Waals surface area contributed by atoms with Gasteiger partial charge in [0.1, 0.15) is 10.7 Å². The molecule has 2 aromatic heterocycles. The van der Waals surface area contributed by atoms with Gasteiger partial charge in [-0.15, -0.1) is 0 Å². The van der Waals surface area contributed by atoms with E-state index in [0.717, 1.165) is 16.6 Å². The molecule has 0 bridgehead atoms. The van der Waals surface area contributed by atoms with Gasteiger partial charge in [0, 0.05) is 31.3 Å². The molecule has 0 saturated carbocycles. The lowest BCUT2D eigenvalue weighted by Gasteiger charge is -2.06. The Labute approximate surface area is 139 Å². The number of anilines is 1. The van der Waals surface area contributed by atoms with Crippen molar-refractivity contribution in [2.75, 3.05) is 5.32 Å². The zero-order valence-electron chi connectivity index (χ0n) is 13.1. The van der Waals surface area contributed by atoms with Gasteiger partial charge in [0.25, 0.3) is 0 Å². The molecule has 0 aliphatic heterocycles. The summed E-state index contributed by atoms with van der Waals surface area (Å²) < 4.78 is 0. The molecule has 0 aliphatic rings. The quantitative estimate of drug-likeness (QED) is 0.761. The first-order chi connectivity index (χ1) is 11.2. The Kier molecular flexibility index (Phi) is 6.11. The summed E-state index contributed by atoms with van der Waals surface area (Å²) >= 11 is 5.77. The molecule has 0 saturated heterocycles. The smallest absolute Gasteiger partial charge is 0.223 e. The molecule has 23 heavy (non-hydrogen) atoms. The normalized spacial score (nSPS) is 10.0. The average Bonchev–Trinajstić information content (AvgIpc) is 2.57. The molecule has 120 valence electrons. The van der Waals surface area contributed by atoms with E-state index in [9.17, 15) is 4.79 Å². The van der Waals surface area contributed by atoms with Gasteiger partial charge in [0.05, 0.1) is 11.0 Å². The molecule has 3 rings (SSSR count). The van der Waals surface area contributed by atoms with Crippen LogP contribution >= 0.6 is 11.6 Å². The lowest BCUT2D eigenvalue weighted by atomic mass is 10.2. The summed E-state index contributed by atoms with van der Waals surface area (Å²) in [5, 5.41) is 3.22. The number of hydrogen-bond donors (Lipinski definition) is 2. The Hall–Kier alpha value is -2.40. The van der Waals surface area contributed by atoms with E-state index >= 15 is 0 Å². The van der Waals surface area contributed by atoms with Crippen LogP contribution in [0.4, 0.5) is 5.69 Å². The van der Waals surface area contributed by atoms with Crippen LogP contribution in [-0.4, -0.2) is 15.0 Å². The number of rotatable bonds is 3. The predicted molar refractivity (Wildman–Crippen MR) is 94.9 cm³/mol. The van der Waals surface area contributed by atoms with Crippen molar-refractivity contribution in [1.29, 1.82) is 0 Å². The molecule has 0 fully saturated rings. The summed E-state index contributed by atoms with van der Waals surface area (Å²) in [4.78, 5) is 23.0. The molecule has 1 aromatic carbocycles. The van der Waals surface area contributed by atoms with E-state index in [4.69, 9.17) is 11.6 Å². The molecule has 6 heteroatoms. The number of pyridine rings is 1. The molecule has 0 spiro atoms. The molecule has 5 nitrogen and oxygen atoms in total. The number of H-pyrrole nitrogens is 1. The second kappa shape index (κ2) is 8.29. The van der Waals surface area contributed by atoms with Crippen molar-refractivity contribution in [3.8, 4) is 0 Å². The van der Waals surface area contributed by atoms with Gasteiger partial charge in [-0.05, 0) is 17.7 Å². The van der Waals surface area contributed by atoms with Gasteiger partial charge >= 0.3 is 0 Å². The number of nitrogens with one attached hydrogen (secondary N) is 2. The molecular formula is C17H19ClN4O. The van der Waals surface area contributed by atoms with Crippen molar-refractivity contribution >= 4 is 28.3 Å². The van der Waals surface area contributed by atoms with Crippen LogP contribution < -0.4 is 10.7 Å². The summed E-state index contributed by atoms with van der Waals surface area (Å²) in [6, 6.07) is 5.79. The summed E-state index contributed by atoms with van der Waals surface area (Å²) in [6.07, 6.45) is 7.61. The topological polar surface area (TPSA) is 70.7 Å². The number of hydrogen-bond acceptors (Lipinski definition) is 4. The molecule has 0 aliphatic carbocycles. The maximum Gasteiger partial charge on any atom is 0.223 e. The van der Waals surface area contributed by atoms with Gasteiger partial charge < -0.3 is 10.3 Å². The highest BCUT2D eigenvalue weighted by Gasteiger charge is 2.03. The number of aromatic amines is 1. The third kappa shape index (κ3) is 4.53. The van der Waals surface area contributed by atoms with Gasteiger partial charge in [-0.2, -0.15) is 0 Å². The number of nitrogens with zero attached hydrogens (tertiary/aromatic N) is 2. The summed E-state index contributed by atoms with van der Waals surface area (Å²) in [5.74, 6) is 0. The summed E-state index contributed by atoms with van der Waals surface area (Å²) in [6.45, 7) is 4.76. The van der Waals surface area contributed by atoms with E-state index in [1.54, 1.807) is 18.6 Å². The third-order valence-corrected chi connectivity index (χ3v) is 3.20. The minimum atomic E-state index is -0.217. The second-order valence-electron chi connectivity index (χ2n) is 4.99. The largest absolute Gasteiger partial charge is 0.377 e. The Balaban J connectivity index is 0.000000595. The molecule has 2 heterocycles. The zero-order chi connectivity index (χ0) is 16.7. The van der Waals surface area contributed by atoms with Gasteiger partial charge in [-0.3, -0.25) is 14.8 Å². The monoisotopic (exact) mass is 330 g/mol. The lowest BCUT2D eigenvalue weighted by Crippen LogP contribution is -2.11. The van der Waals surface area contributed by atoms with Crippen LogP contribution in [0.2, 0.25) is 5.02 Å². The van der Waals surface area contributed by atoms with Crippen LogP contribution in [0.25, 0.3) is 11.0 Å². The van der Waals surface area contributed by atoms with E-state index in [1.165, 1.54) is 12.6 Å². The fourth-order valence-corrected chi connectivity index (χ4v) is 2.07. The Morgan fingerprint density at radius 2 is 1.83 bits per heavy atom. The zero-order valence-corrected chi connectivity index (χ0v) is 13.9. The SMILES string of the molecule is CCC.O=c1c(Cl)c[nH]cc1NCc1ccc2nccnc2c1. The van der Waals surface area contributed by atoms with Crippen LogP contribution in [0.1, 0.15) is 25.8 Å². The van der Waals surface area contributed by atoms with Gasteiger partial charge in [0.15, 0.2) is 0 Å². The van der Waals surface area contributed by atoms with Gasteiger partial charge in [-0.1, -0.05) is 37.9 Å². The minimum absolute atomic E-state index is 0.166. The van der Waals surface area contributed by atoms with Crippen molar-refractivity contribution in [2.45, 2.75) is 26.8 Å². The lowest BCUT2D eigenvalue weighted by molar-refractivity contribution is 1.09. The van der Waals surface area contributed by atoms with Crippen LogP contribution in [0.5, 0.6) is 0 Å². The summed E-state index contributed by atoms with van der Waals surface area (Å²) in [7, 11) is 0. The van der Waals surface area contributed by atoms with Crippen molar-refractivity contribution in [2.24, 2.45) is 0 Å². The fourth-order valence-electron chi connectivity index (χ4n) is 1.91. The number of halogens is 1. The van der Waals surface area contributed by atoms with Crippen LogP contribution in [0.15, 0.2) is 47.8 Å². The van der Waals surface area contributed by atoms with Gasteiger partial charge in [0.2, 0.25) is 5.43 Å². The van der Waals surface area contributed by atoms with E-state index in [2.05, 4.69) is 34.1 Å². The Morgan fingerprint density at radius 3 is 2.57 bits per heavy atom. The molecule has 0 amide bonds. The average molecular weight is 331 g/mol. The fraction of sp³-hybridized carbons (Fsp3) is 0.235. The Bertz CT molecular complexity index is 832. The first-order valence-electron chi connectivity index (χ1n) is 7.45. The van der Waals surface area contributed by atoms with Crippen molar-refractivity contribution in [1.82, 2.24) is 15.0 Å². The van der Waals surface area contributed by atoms with Crippen LogP contribution in [-0.2, 0) is 6.54 Å². The highest BCUT2D eigenvalue weighted by Crippen LogP contribution is 2.12. The first-order valence-corrected chi connectivity index (χ1v) is 7.83. The maximum absolute atomic E-state index is 11.8. The standard InChI is InChI=1S/C14H11ClN4O.C3H8/c15-10-7-16-8-13(14(10)20)19-6-9-1-2-11-12(5-9)18-4-3-17-11;1-3-2/h1-5,7-8,19H,6H2,(H,16,20);3H2,1-2H3. The maximum atomic E-state index is 11.8. The first kappa shape index (κ1) is 17.0. The van der Waals surface area contributed by atoms with Crippen molar-refractivity contribution in [3.05, 3.63) is 63.8 Å². The number of benzene rings is 1. The van der Waals surface area contributed by atoms with E-state index in [0.29, 0.717) is 12.2 Å². The highest BCUT2D eigenvalue weighted by molar-refractivity contribution is 6.30. The van der Waals surface area contributed by atoms with Crippen LogP contribution in [0, 0.1) is 0 Å². The van der Waals surface area contributed by atoms with E-state index in [1.807, 2.05) is 18.2 Å². The second-order valence-corrected chi connectivity index (χ2v) is 5.39. The van der Waals surface area contributed by atoms with Crippen LogP contribution in [0.3, 0.4) is 0 Å². The van der Waals surface area contributed by atoms with Gasteiger partial charge in [-0.25, -0.2) is 0 Å². The van der Waals surface area contributed by atoms with Crippen molar-refractivity contribution in [3.63, 3.8) is 0 Å². The summed E-state index contributed by atoms with van der Waals surface area (Å²) in [5.41, 5.74) is 2.91.